The second kappa shape index (κ2) is 8.55. The maximum Gasteiger partial charge on any atom is 0.282 e. The van der Waals surface area contributed by atoms with Gasteiger partial charge in [0, 0.05) is 26.7 Å². The van der Waals surface area contributed by atoms with Gasteiger partial charge in [0.15, 0.2) is 6.04 Å². The largest absolute Gasteiger partial charge is 0.332 e. The molecule has 1 aromatic rings. The van der Waals surface area contributed by atoms with E-state index in [2.05, 4.69) is 5.32 Å². The number of carbonyl (C=O) groups is 2. The third-order valence-corrected chi connectivity index (χ3v) is 7.11. The summed E-state index contributed by atoms with van der Waals surface area (Å²) < 4.78 is 25.8. The lowest BCUT2D eigenvalue weighted by Gasteiger charge is -2.34. The quantitative estimate of drug-likeness (QED) is 0.686. The average molecular weight is 418 g/mol. The molecule has 1 aliphatic rings. The summed E-state index contributed by atoms with van der Waals surface area (Å²) in [6.45, 7) is 5.98. The van der Waals surface area contributed by atoms with E-state index in [-0.39, 0.29) is 27.8 Å². The SMILES string of the molecule is CC(=O)N1CC[NH+]([C@H](C)C(=O)Nc2ccc(Cl)c(S(=O)(=O)N(C)C)c2)CC1. The van der Waals surface area contributed by atoms with Crippen molar-refractivity contribution in [1.82, 2.24) is 9.21 Å². The van der Waals surface area contributed by atoms with Crippen LogP contribution < -0.4 is 10.2 Å². The fraction of sp³-hybridized carbons (Fsp3) is 0.529. The third-order valence-electron chi connectivity index (χ3n) is 4.81. The topological polar surface area (TPSA) is 91.2 Å². The zero-order chi connectivity index (χ0) is 20.4. The average Bonchev–Trinajstić information content (AvgIpc) is 2.62. The number of halogens is 1. The summed E-state index contributed by atoms with van der Waals surface area (Å²) in [5.74, 6) is -0.168. The maximum atomic E-state index is 12.6. The van der Waals surface area contributed by atoms with Gasteiger partial charge in [-0.1, -0.05) is 11.6 Å². The summed E-state index contributed by atoms with van der Waals surface area (Å²) in [7, 11) is -0.874. The van der Waals surface area contributed by atoms with E-state index in [9.17, 15) is 18.0 Å². The van der Waals surface area contributed by atoms with E-state index < -0.39 is 10.0 Å². The number of carbonyl (C=O) groups excluding carboxylic acids is 2. The molecule has 0 aromatic heterocycles. The van der Waals surface area contributed by atoms with Gasteiger partial charge in [-0.25, -0.2) is 12.7 Å². The molecule has 0 spiro atoms. The van der Waals surface area contributed by atoms with E-state index in [0.717, 1.165) is 9.21 Å². The van der Waals surface area contributed by atoms with Crippen molar-refractivity contribution in [3.63, 3.8) is 0 Å². The number of rotatable bonds is 5. The highest BCUT2D eigenvalue weighted by Gasteiger charge is 2.30. The van der Waals surface area contributed by atoms with Crippen molar-refractivity contribution in [3.05, 3.63) is 23.2 Å². The van der Waals surface area contributed by atoms with Gasteiger partial charge in [-0.15, -0.1) is 0 Å². The highest BCUT2D eigenvalue weighted by Crippen LogP contribution is 2.26. The highest BCUT2D eigenvalue weighted by molar-refractivity contribution is 7.89. The van der Waals surface area contributed by atoms with Gasteiger partial charge in [-0.3, -0.25) is 9.59 Å². The molecular formula is C17H26ClN4O4S+. The molecule has 1 atom stereocenters. The zero-order valence-corrected chi connectivity index (χ0v) is 17.5. The molecule has 1 fully saturated rings. The molecule has 0 saturated carbocycles. The van der Waals surface area contributed by atoms with Crippen LogP contribution in [0.1, 0.15) is 13.8 Å². The minimum atomic E-state index is -3.71. The Kier molecular flexibility index (Phi) is 6.85. The van der Waals surface area contributed by atoms with Crippen LogP contribution in [0.3, 0.4) is 0 Å². The van der Waals surface area contributed by atoms with Crippen molar-refractivity contribution in [2.75, 3.05) is 45.6 Å². The summed E-state index contributed by atoms with van der Waals surface area (Å²) in [5.41, 5.74) is 0.374. The van der Waals surface area contributed by atoms with Gasteiger partial charge in [0.1, 0.15) is 4.90 Å². The van der Waals surface area contributed by atoms with Crippen LogP contribution in [0.15, 0.2) is 23.1 Å². The summed E-state index contributed by atoms with van der Waals surface area (Å²) >= 11 is 6.03. The highest BCUT2D eigenvalue weighted by atomic mass is 35.5. The molecule has 0 aliphatic carbocycles. The number of hydrogen-bond acceptors (Lipinski definition) is 4. The lowest BCUT2D eigenvalue weighted by Crippen LogP contribution is -3.19. The fourth-order valence-electron chi connectivity index (χ4n) is 2.95. The minimum absolute atomic E-state index is 0.0435. The summed E-state index contributed by atoms with van der Waals surface area (Å²) in [4.78, 5) is 26.8. The van der Waals surface area contributed by atoms with Crippen molar-refractivity contribution in [2.45, 2.75) is 24.8 Å². The van der Waals surface area contributed by atoms with E-state index in [1.807, 2.05) is 6.92 Å². The Morgan fingerprint density at radius 2 is 1.85 bits per heavy atom. The van der Waals surface area contributed by atoms with Gasteiger partial charge in [0.05, 0.1) is 31.2 Å². The molecule has 1 aliphatic heterocycles. The smallest absolute Gasteiger partial charge is 0.282 e. The number of hydrogen-bond donors (Lipinski definition) is 2. The van der Waals surface area contributed by atoms with E-state index in [4.69, 9.17) is 11.6 Å². The maximum absolute atomic E-state index is 12.6. The summed E-state index contributed by atoms with van der Waals surface area (Å²) in [6.07, 6.45) is 0. The number of amides is 2. The van der Waals surface area contributed by atoms with Crippen molar-refractivity contribution in [1.29, 1.82) is 0 Å². The number of piperazine rings is 1. The molecule has 0 radical (unpaired) electrons. The molecule has 2 amide bonds. The van der Waals surface area contributed by atoms with Crippen LogP contribution >= 0.6 is 11.6 Å². The van der Waals surface area contributed by atoms with Crippen LogP contribution in [-0.2, 0) is 19.6 Å². The normalized spacial score (nSPS) is 17.0. The predicted molar refractivity (Wildman–Crippen MR) is 103 cm³/mol. The van der Waals surface area contributed by atoms with Crippen molar-refractivity contribution < 1.29 is 22.9 Å². The first kappa shape index (κ1) is 21.6. The van der Waals surface area contributed by atoms with Crippen LogP contribution in [0, 0.1) is 0 Å². The number of sulfonamides is 1. The number of nitrogens with one attached hydrogen (secondary N) is 2. The van der Waals surface area contributed by atoms with Gasteiger partial charge in [-0.05, 0) is 25.1 Å². The van der Waals surface area contributed by atoms with Gasteiger partial charge in [0.25, 0.3) is 5.91 Å². The Morgan fingerprint density at radius 3 is 2.37 bits per heavy atom. The fourth-order valence-corrected chi connectivity index (χ4v) is 4.35. The predicted octanol–water partition coefficient (Wildman–Crippen LogP) is -0.336. The Hall–Kier alpha value is -1.68. The van der Waals surface area contributed by atoms with Gasteiger partial charge < -0.3 is 15.1 Å². The van der Waals surface area contributed by atoms with E-state index in [0.29, 0.717) is 31.9 Å². The van der Waals surface area contributed by atoms with E-state index in [1.165, 1.54) is 26.2 Å². The molecule has 8 nitrogen and oxygen atoms in total. The molecule has 1 heterocycles. The molecule has 1 aromatic carbocycles. The number of nitrogens with zero attached hydrogens (tertiary/aromatic N) is 2. The van der Waals surface area contributed by atoms with Crippen molar-refractivity contribution >= 4 is 39.1 Å². The second-order valence-electron chi connectivity index (χ2n) is 6.81. The van der Waals surface area contributed by atoms with Crippen LogP contribution in [0.25, 0.3) is 0 Å². The van der Waals surface area contributed by atoms with E-state index >= 15 is 0 Å². The Balaban J connectivity index is 2.09. The first-order valence-electron chi connectivity index (χ1n) is 8.67. The van der Waals surface area contributed by atoms with Crippen LogP contribution in [0.2, 0.25) is 5.02 Å². The Labute approximate surface area is 165 Å². The monoisotopic (exact) mass is 417 g/mol. The van der Waals surface area contributed by atoms with Gasteiger partial charge >= 0.3 is 0 Å². The third kappa shape index (κ3) is 4.98. The molecule has 10 heteroatoms. The number of anilines is 1. The molecule has 150 valence electrons. The Bertz CT molecular complexity index is 820. The second-order valence-corrected chi connectivity index (χ2v) is 9.34. The standard InChI is InChI=1S/C17H25ClN4O4S/c1-12(21-7-9-22(10-8-21)13(2)23)17(24)19-14-5-6-15(18)16(11-14)27(25,26)20(3)4/h5-6,11-12H,7-10H2,1-4H3,(H,19,24)/p+1/t12-/m1/s1. The van der Waals surface area contributed by atoms with Crippen molar-refractivity contribution in [2.24, 2.45) is 0 Å². The van der Waals surface area contributed by atoms with Crippen LogP contribution in [-0.4, -0.2) is 75.8 Å². The van der Waals surface area contributed by atoms with Gasteiger partial charge in [-0.2, -0.15) is 0 Å². The molecular weight excluding hydrogens is 392 g/mol. The zero-order valence-electron chi connectivity index (χ0n) is 16.0. The van der Waals surface area contributed by atoms with Gasteiger partial charge in [0.2, 0.25) is 15.9 Å². The molecule has 0 bridgehead atoms. The molecule has 0 unspecified atom stereocenters. The number of quaternary nitrogens is 1. The molecule has 2 N–H and O–H groups in total. The van der Waals surface area contributed by atoms with E-state index in [1.54, 1.807) is 17.9 Å². The van der Waals surface area contributed by atoms with Crippen LogP contribution in [0.4, 0.5) is 5.69 Å². The molecule has 27 heavy (non-hydrogen) atoms. The molecule has 2 rings (SSSR count). The summed E-state index contributed by atoms with van der Waals surface area (Å²) in [5, 5.41) is 2.87. The number of benzene rings is 1. The Morgan fingerprint density at radius 1 is 1.26 bits per heavy atom. The lowest BCUT2D eigenvalue weighted by molar-refractivity contribution is -0.917. The first-order valence-corrected chi connectivity index (χ1v) is 10.5. The van der Waals surface area contributed by atoms with Crippen molar-refractivity contribution in [3.8, 4) is 0 Å². The first-order chi connectivity index (χ1) is 12.5. The molecule has 1 saturated heterocycles. The minimum Gasteiger partial charge on any atom is -0.332 e. The van der Waals surface area contributed by atoms with Crippen LogP contribution in [0.5, 0.6) is 0 Å². The lowest BCUT2D eigenvalue weighted by atomic mass is 10.2. The summed E-state index contributed by atoms with van der Waals surface area (Å²) in [6, 6.07) is 4.07.